The van der Waals surface area contributed by atoms with Gasteiger partial charge in [0.25, 0.3) is 0 Å². The Morgan fingerprint density at radius 1 is 1.38 bits per heavy atom. The Morgan fingerprint density at radius 2 is 2.23 bits per heavy atom. The highest BCUT2D eigenvalue weighted by molar-refractivity contribution is 6.32. The molecule has 0 aromatic carbocycles. The van der Waals surface area contributed by atoms with Gasteiger partial charge in [-0.25, -0.2) is 0 Å². The number of aldehydes is 1. The molecule has 1 aliphatic rings. The smallest absolute Gasteiger partial charge is 0.167 e. The van der Waals surface area contributed by atoms with Crippen molar-refractivity contribution in [3.8, 4) is 0 Å². The molecule has 1 aromatic rings. The molecule has 0 spiro atoms. The van der Waals surface area contributed by atoms with Crippen LogP contribution in [-0.2, 0) is 13.0 Å². The van der Waals surface area contributed by atoms with Crippen molar-refractivity contribution < 1.29 is 4.79 Å². The largest absolute Gasteiger partial charge is 0.341 e. The van der Waals surface area contributed by atoms with Crippen LogP contribution in [0, 0.1) is 0 Å². The number of halogens is 1. The number of hydrogen-bond donors (Lipinski definition) is 0. The molecule has 0 atom stereocenters. The first-order valence-corrected chi connectivity index (χ1v) is 5.04. The third-order valence-corrected chi connectivity index (χ3v) is 2.90. The van der Waals surface area contributed by atoms with E-state index < -0.39 is 0 Å². The average molecular weight is 198 g/mol. The molecule has 0 saturated carbocycles. The molecule has 0 aliphatic carbocycles. The molecule has 0 fully saturated rings. The summed E-state index contributed by atoms with van der Waals surface area (Å²) >= 11 is 5.94. The summed E-state index contributed by atoms with van der Waals surface area (Å²) in [5.74, 6) is 0. The van der Waals surface area contributed by atoms with E-state index >= 15 is 0 Å². The second-order valence-corrected chi connectivity index (χ2v) is 3.86. The van der Waals surface area contributed by atoms with Gasteiger partial charge < -0.3 is 4.57 Å². The van der Waals surface area contributed by atoms with E-state index in [1.54, 1.807) is 0 Å². The first-order valence-electron chi connectivity index (χ1n) is 4.66. The molecule has 0 amide bonds. The second kappa shape index (κ2) is 3.54. The molecule has 1 aromatic heterocycles. The Bertz CT molecular complexity index is 330. The van der Waals surface area contributed by atoms with Gasteiger partial charge in [0.05, 0.1) is 5.02 Å². The van der Waals surface area contributed by atoms with Crippen molar-refractivity contribution in [2.24, 2.45) is 0 Å². The zero-order valence-corrected chi connectivity index (χ0v) is 8.18. The summed E-state index contributed by atoms with van der Waals surface area (Å²) in [6.07, 6.45) is 5.51. The van der Waals surface area contributed by atoms with E-state index in [-0.39, 0.29) is 0 Å². The molecule has 0 unspecified atom stereocenters. The number of fused-ring (bicyclic) bond motifs is 1. The molecule has 0 radical (unpaired) electrons. The number of rotatable bonds is 1. The Kier molecular flexibility index (Phi) is 2.40. The predicted octanol–water partition coefficient (Wildman–Crippen LogP) is 2.68. The van der Waals surface area contributed by atoms with E-state index in [2.05, 4.69) is 4.57 Å². The molecular weight excluding hydrogens is 186 g/mol. The number of aryl methyl sites for hydroxylation is 1. The van der Waals surface area contributed by atoms with Crippen LogP contribution < -0.4 is 0 Å². The fourth-order valence-electron chi connectivity index (χ4n) is 1.93. The normalized spacial score (nSPS) is 16.4. The van der Waals surface area contributed by atoms with E-state index in [1.165, 1.54) is 18.5 Å². The van der Waals surface area contributed by atoms with Gasteiger partial charge >= 0.3 is 0 Å². The van der Waals surface area contributed by atoms with E-state index in [1.807, 2.05) is 6.07 Å². The first kappa shape index (κ1) is 8.82. The van der Waals surface area contributed by atoms with Gasteiger partial charge in [0.15, 0.2) is 6.29 Å². The minimum absolute atomic E-state index is 0.604. The summed E-state index contributed by atoms with van der Waals surface area (Å²) in [6.45, 7) is 0.941. The Balaban J connectivity index is 2.46. The molecule has 0 saturated heterocycles. The fourth-order valence-corrected chi connectivity index (χ4v) is 2.20. The molecule has 0 bridgehead atoms. The van der Waals surface area contributed by atoms with Crippen LogP contribution in [0.1, 0.15) is 35.4 Å². The lowest BCUT2D eigenvalue weighted by molar-refractivity contribution is 0.111. The zero-order valence-electron chi connectivity index (χ0n) is 7.42. The molecular formula is C10H12ClNO. The molecule has 2 rings (SSSR count). The minimum atomic E-state index is 0.604. The predicted molar refractivity (Wildman–Crippen MR) is 52.4 cm³/mol. The molecule has 2 heterocycles. The topological polar surface area (TPSA) is 22.0 Å². The van der Waals surface area contributed by atoms with Gasteiger partial charge in [-0.2, -0.15) is 0 Å². The summed E-state index contributed by atoms with van der Waals surface area (Å²) in [5, 5.41) is 0.604. The van der Waals surface area contributed by atoms with Crippen molar-refractivity contribution >= 4 is 17.9 Å². The summed E-state index contributed by atoms with van der Waals surface area (Å²) in [4.78, 5) is 10.8. The van der Waals surface area contributed by atoms with Gasteiger partial charge in [0.2, 0.25) is 0 Å². The van der Waals surface area contributed by atoms with Crippen molar-refractivity contribution in [2.45, 2.75) is 32.2 Å². The summed E-state index contributed by atoms with van der Waals surface area (Å²) < 4.78 is 2.06. The Labute approximate surface area is 82.5 Å². The van der Waals surface area contributed by atoms with E-state index in [9.17, 15) is 4.79 Å². The third-order valence-electron chi connectivity index (χ3n) is 2.60. The molecule has 13 heavy (non-hydrogen) atoms. The van der Waals surface area contributed by atoms with Crippen LogP contribution in [0.4, 0.5) is 0 Å². The van der Waals surface area contributed by atoms with Crippen LogP contribution in [0.5, 0.6) is 0 Å². The van der Waals surface area contributed by atoms with Crippen molar-refractivity contribution in [1.82, 2.24) is 4.57 Å². The monoisotopic (exact) mass is 197 g/mol. The maximum absolute atomic E-state index is 10.8. The van der Waals surface area contributed by atoms with Gasteiger partial charge in [-0.1, -0.05) is 18.0 Å². The molecule has 1 aliphatic heterocycles. The summed E-state index contributed by atoms with van der Waals surface area (Å²) in [5.41, 5.74) is 1.86. The van der Waals surface area contributed by atoms with Crippen molar-refractivity contribution in [3.63, 3.8) is 0 Å². The standard InChI is InChI=1S/C10H12ClNO/c11-9-6-8-4-2-1-3-5-12(8)10(9)7-13/h6-7H,1-5H2. The lowest BCUT2D eigenvalue weighted by atomic mass is 10.2. The van der Waals surface area contributed by atoms with Crippen LogP contribution in [0.3, 0.4) is 0 Å². The summed E-state index contributed by atoms with van der Waals surface area (Å²) in [6, 6.07) is 1.93. The van der Waals surface area contributed by atoms with E-state index in [0.29, 0.717) is 10.7 Å². The number of carbonyl (C=O) groups is 1. The van der Waals surface area contributed by atoms with Gasteiger partial charge in [-0.05, 0) is 25.3 Å². The average Bonchev–Trinajstić information content (AvgIpc) is 2.32. The number of nitrogens with zero attached hydrogens (tertiary/aromatic N) is 1. The molecule has 70 valence electrons. The Hall–Kier alpha value is -0.760. The van der Waals surface area contributed by atoms with Gasteiger partial charge in [0, 0.05) is 12.2 Å². The summed E-state index contributed by atoms with van der Waals surface area (Å²) in [7, 11) is 0. The SMILES string of the molecule is O=Cc1c(Cl)cc2n1CCCCC2. The maximum atomic E-state index is 10.8. The van der Waals surface area contributed by atoms with Crippen molar-refractivity contribution in [2.75, 3.05) is 0 Å². The highest BCUT2D eigenvalue weighted by atomic mass is 35.5. The molecule has 3 heteroatoms. The van der Waals surface area contributed by atoms with Crippen LogP contribution >= 0.6 is 11.6 Å². The lowest BCUT2D eigenvalue weighted by Crippen LogP contribution is -2.03. The van der Waals surface area contributed by atoms with Crippen LogP contribution in [0.15, 0.2) is 6.07 Å². The second-order valence-electron chi connectivity index (χ2n) is 3.45. The van der Waals surface area contributed by atoms with Gasteiger partial charge in [0.1, 0.15) is 5.69 Å². The van der Waals surface area contributed by atoms with Gasteiger partial charge in [-0.15, -0.1) is 0 Å². The lowest BCUT2D eigenvalue weighted by Gasteiger charge is -2.05. The van der Waals surface area contributed by atoms with Crippen LogP contribution in [0.25, 0.3) is 0 Å². The number of hydrogen-bond acceptors (Lipinski definition) is 1. The maximum Gasteiger partial charge on any atom is 0.167 e. The number of aromatic nitrogens is 1. The zero-order chi connectivity index (χ0) is 9.26. The van der Waals surface area contributed by atoms with Crippen molar-refractivity contribution in [1.29, 1.82) is 0 Å². The minimum Gasteiger partial charge on any atom is -0.341 e. The van der Waals surface area contributed by atoms with Crippen LogP contribution in [-0.4, -0.2) is 10.9 Å². The van der Waals surface area contributed by atoms with Crippen LogP contribution in [0.2, 0.25) is 5.02 Å². The van der Waals surface area contributed by atoms with E-state index in [0.717, 1.165) is 25.7 Å². The van der Waals surface area contributed by atoms with Gasteiger partial charge in [-0.3, -0.25) is 4.79 Å². The third kappa shape index (κ3) is 1.51. The quantitative estimate of drug-likeness (QED) is 0.635. The molecule has 0 N–H and O–H groups in total. The number of carbonyl (C=O) groups excluding carboxylic acids is 1. The highest BCUT2D eigenvalue weighted by Gasteiger charge is 2.14. The highest BCUT2D eigenvalue weighted by Crippen LogP contribution is 2.24. The fraction of sp³-hybridized carbons (Fsp3) is 0.500. The van der Waals surface area contributed by atoms with E-state index in [4.69, 9.17) is 11.6 Å². The first-order chi connectivity index (χ1) is 6.33. The molecule has 2 nitrogen and oxygen atoms in total. The Morgan fingerprint density at radius 3 is 3.00 bits per heavy atom. The van der Waals surface area contributed by atoms with Crippen molar-refractivity contribution in [3.05, 3.63) is 22.5 Å².